The maximum atomic E-state index is 6.06. The first-order valence-corrected chi connectivity index (χ1v) is 9.11. The minimum Gasteiger partial charge on any atom is -0.377 e. The van der Waals surface area contributed by atoms with Crippen molar-refractivity contribution in [1.82, 2.24) is 10.6 Å². The topological polar surface area (TPSA) is 45.7 Å². The minimum absolute atomic E-state index is 0.178. The Kier molecular flexibility index (Phi) is 7.10. The van der Waals surface area contributed by atoms with Gasteiger partial charge in [-0.3, -0.25) is 4.99 Å². The first-order chi connectivity index (χ1) is 11.5. The van der Waals surface area contributed by atoms with Crippen LogP contribution >= 0.6 is 0 Å². The van der Waals surface area contributed by atoms with Crippen molar-refractivity contribution in [3.63, 3.8) is 0 Å². The van der Waals surface area contributed by atoms with Gasteiger partial charge in [-0.25, -0.2) is 0 Å². The number of nitrogens with one attached hydrogen (secondary N) is 2. The second-order valence-electron chi connectivity index (χ2n) is 7.68. The molecule has 1 heterocycles. The van der Waals surface area contributed by atoms with E-state index in [1.54, 1.807) is 0 Å². The van der Waals surface area contributed by atoms with Crippen molar-refractivity contribution in [3.8, 4) is 0 Å². The van der Waals surface area contributed by atoms with Gasteiger partial charge in [-0.15, -0.1) is 0 Å². The molecule has 24 heavy (non-hydrogen) atoms. The van der Waals surface area contributed by atoms with Crippen LogP contribution in [0.15, 0.2) is 35.3 Å². The van der Waals surface area contributed by atoms with Gasteiger partial charge in [0.2, 0.25) is 0 Å². The summed E-state index contributed by atoms with van der Waals surface area (Å²) in [5, 5.41) is 6.90. The van der Waals surface area contributed by atoms with Gasteiger partial charge in [-0.1, -0.05) is 51.1 Å². The summed E-state index contributed by atoms with van der Waals surface area (Å²) in [6.45, 7) is 9.48. The van der Waals surface area contributed by atoms with Crippen LogP contribution in [0.2, 0.25) is 0 Å². The number of hydrogen-bond donors (Lipinski definition) is 2. The fraction of sp³-hybridized carbons (Fsp3) is 0.650. The molecule has 1 aromatic carbocycles. The van der Waals surface area contributed by atoms with Crippen LogP contribution in [-0.2, 0) is 11.2 Å². The second-order valence-corrected chi connectivity index (χ2v) is 7.68. The predicted molar refractivity (Wildman–Crippen MR) is 101 cm³/mol. The number of benzene rings is 1. The van der Waals surface area contributed by atoms with Crippen LogP contribution in [0, 0.1) is 11.3 Å². The molecule has 1 aliphatic heterocycles. The van der Waals surface area contributed by atoms with Gasteiger partial charge in [0.05, 0.1) is 6.10 Å². The van der Waals surface area contributed by atoms with Crippen molar-refractivity contribution in [3.05, 3.63) is 35.9 Å². The molecule has 1 saturated heterocycles. The van der Waals surface area contributed by atoms with E-state index in [1.165, 1.54) is 12.0 Å². The Labute approximate surface area is 147 Å². The van der Waals surface area contributed by atoms with Crippen LogP contribution in [-0.4, -0.2) is 38.8 Å². The lowest BCUT2D eigenvalue weighted by Gasteiger charge is -2.40. The average molecular weight is 332 g/mol. The number of guanidine groups is 1. The SMILES string of the molecule is CN=C(NCCc1ccccc1)NCC1CCCOC1C(C)(C)C. The molecule has 2 rings (SSSR count). The molecular formula is C20H33N3O. The Hall–Kier alpha value is -1.55. The molecule has 1 aliphatic rings. The van der Waals surface area contributed by atoms with E-state index in [-0.39, 0.29) is 5.41 Å². The van der Waals surface area contributed by atoms with Crippen molar-refractivity contribution < 1.29 is 4.74 Å². The molecule has 2 atom stereocenters. The van der Waals surface area contributed by atoms with E-state index in [1.807, 2.05) is 7.05 Å². The standard InChI is InChI=1S/C20H33N3O/c1-20(2,3)18-17(11-8-14-24-18)15-23-19(21-4)22-13-12-16-9-6-5-7-10-16/h5-7,9-10,17-18H,8,11-15H2,1-4H3,(H2,21,22,23). The lowest BCUT2D eigenvalue weighted by atomic mass is 9.78. The van der Waals surface area contributed by atoms with Crippen molar-refractivity contribution >= 4 is 5.96 Å². The number of ether oxygens (including phenoxy) is 1. The van der Waals surface area contributed by atoms with Gasteiger partial charge >= 0.3 is 0 Å². The molecule has 1 aromatic rings. The number of hydrogen-bond acceptors (Lipinski definition) is 2. The zero-order chi connectivity index (χ0) is 17.4. The van der Waals surface area contributed by atoms with E-state index < -0.39 is 0 Å². The number of rotatable bonds is 5. The van der Waals surface area contributed by atoms with Gasteiger partial charge in [-0.05, 0) is 30.2 Å². The Balaban J connectivity index is 1.78. The Morgan fingerprint density at radius 3 is 2.62 bits per heavy atom. The molecule has 0 saturated carbocycles. The fourth-order valence-electron chi connectivity index (χ4n) is 3.43. The molecule has 2 unspecified atom stereocenters. The molecule has 0 bridgehead atoms. The first-order valence-electron chi connectivity index (χ1n) is 9.11. The third-order valence-electron chi connectivity index (χ3n) is 4.60. The van der Waals surface area contributed by atoms with Gasteiger partial charge in [0.15, 0.2) is 5.96 Å². The Morgan fingerprint density at radius 2 is 1.96 bits per heavy atom. The van der Waals surface area contributed by atoms with Crippen molar-refractivity contribution in [2.45, 2.75) is 46.1 Å². The van der Waals surface area contributed by atoms with Gasteiger partial charge in [-0.2, -0.15) is 0 Å². The van der Waals surface area contributed by atoms with Crippen LogP contribution < -0.4 is 10.6 Å². The van der Waals surface area contributed by atoms with Crippen LogP contribution in [0.25, 0.3) is 0 Å². The number of nitrogens with zero attached hydrogens (tertiary/aromatic N) is 1. The van der Waals surface area contributed by atoms with Crippen LogP contribution in [0.3, 0.4) is 0 Å². The second kappa shape index (κ2) is 9.07. The molecule has 0 aliphatic carbocycles. The van der Waals surface area contributed by atoms with Gasteiger partial charge in [0.1, 0.15) is 0 Å². The molecule has 0 aromatic heterocycles. The maximum absolute atomic E-state index is 6.06. The van der Waals surface area contributed by atoms with Gasteiger partial charge < -0.3 is 15.4 Å². The molecule has 1 fully saturated rings. The highest BCUT2D eigenvalue weighted by atomic mass is 16.5. The Bertz CT molecular complexity index is 507. The lowest BCUT2D eigenvalue weighted by molar-refractivity contribution is -0.0835. The summed E-state index contributed by atoms with van der Waals surface area (Å²) in [4.78, 5) is 4.34. The highest BCUT2D eigenvalue weighted by Gasteiger charge is 2.35. The van der Waals surface area contributed by atoms with E-state index in [9.17, 15) is 0 Å². The third kappa shape index (κ3) is 5.82. The predicted octanol–water partition coefficient (Wildman–Crippen LogP) is 3.24. The molecule has 0 spiro atoms. The van der Waals surface area contributed by atoms with Gasteiger partial charge in [0.25, 0.3) is 0 Å². The first kappa shape index (κ1) is 18.8. The van der Waals surface area contributed by atoms with E-state index in [4.69, 9.17) is 4.74 Å². The van der Waals surface area contributed by atoms with E-state index in [0.717, 1.165) is 38.5 Å². The summed E-state index contributed by atoms with van der Waals surface area (Å²) in [6.07, 6.45) is 3.68. The van der Waals surface area contributed by atoms with E-state index in [2.05, 4.69) is 66.7 Å². The normalized spacial score (nSPS) is 22.2. The highest BCUT2D eigenvalue weighted by molar-refractivity contribution is 5.79. The third-order valence-corrected chi connectivity index (χ3v) is 4.60. The smallest absolute Gasteiger partial charge is 0.190 e. The molecule has 4 nitrogen and oxygen atoms in total. The lowest BCUT2D eigenvalue weighted by Crippen LogP contribution is -2.47. The summed E-state index contributed by atoms with van der Waals surface area (Å²) >= 11 is 0. The highest BCUT2D eigenvalue weighted by Crippen LogP contribution is 2.33. The number of aliphatic imine (C=N–C) groups is 1. The van der Waals surface area contributed by atoms with Crippen LogP contribution in [0.1, 0.15) is 39.2 Å². The monoisotopic (exact) mass is 331 g/mol. The summed E-state index contributed by atoms with van der Waals surface area (Å²) in [5.74, 6) is 1.41. The van der Waals surface area contributed by atoms with E-state index in [0.29, 0.717) is 12.0 Å². The molecule has 0 amide bonds. The Morgan fingerprint density at radius 1 is 1.21 bits per heavy atom. The largest absolute Gasteiger partial charge is 0.377 e. The summed E-state index contributed by atoms with van der Waals surface area (Å²) < 4.78 is 6.06. The van der Waals surface area contributed by atoms with E-state index >= 15 is 0 Å². The molecule has 0 radical (unpaired) electrons. The van der Waals surface area contributed by atoms with Crippen LogP contribution in [0.5, 0.6) is 0 Å². The molecule has 134 valence electrons. The minimum atomic E-state index is 0.178. The van der Waals surface area contributed by atoms with Gasteiger partial charge in [0, 0.05) is 32.7 Å². The molecular weight excluding hydrogens is 298 g/mol. The zero-order valence-corrected chi connectivity index (χ0v) is 15.6. The molecule has 2 N–H and O–H groups in total. The van der Waals surface area contributed by atoms with Crippen LogP contribution in [0.4, 0.5) is 0 Å². The summed E-state index contributed by atoms with van der Waals surface area (Å²) in [7, 11) is 1.83. The fourth-order valence-corrected chi connectivity index (χ4v) is 3.43. The quantitative estimate of drug-likeness (QED) is 0.643. The van der Waals surface area contributed by atoms with Crippen molar-refractivity contribution in [2.24, 2.45) is 16.3 Å². The van der Waals surface area contributed by atoms with Crippen molar-refractivity contribution in [2.75, 3.05) is 26.7 Å². The average Bonchev–Trinajstić information content (AvgIpc) is 2.58. The zero-order valence-electron chi connectivity index (χ0n) is 15.6. The summed E-state index contributed by atoms with van der Waals surface area (Å²) in [6, 6.07) is 10.5. The summed E-state index contributed by atoms with van der Waals surface area (Å²) in [5.41, 5.74) is 1.52. The van der Waals surface area contributed by atoms with Crippen molar-refractivity contribution in [1.29, 1.82) is 0 Å². The maximum Gasteiger partial charge on any atom is 0.190 e. The molecule has 4 heteroatoms.